The molecular formula is C17H19N3O5. The Labute approximate surface area is 144 Å². The van der Waals surface area contributed by atoms with Crippen molar-refractivity contribution in [3.8, 4) is 0 Å². The number of nitrogens with zero attached hydrogens (tertiary/aromatic N) is 2. The van der Waals surface area contributed by atoms with Gasteiger partial charge in [0.2, 0.25) is 0 Å². The van der Waals surface area contributed by atoms with Gasteiger partial charge in [-0.1, -0.05) is 19.1 Å². The van der Waals surface area contributed by atoms with E-state index in [2.05, 4.69) is 5.32 Å². The van der Waals surface area contributed by atoms with E-state index >= 15 is 0 Å². The summed E-state index contributed by atoms with van der Waals surface area (Å²) in [4.78, 5) is 50.8. The largest absolute Gasteiger partial charge is 0.389 e. The summed E-state index contributed by atoms with van der Waals surface area (Å²) in [6.45, 7) is 2.82. The molecule has 1 aromatic rings. The van der Waals surface area contributed by atoms with Crippen LogP contribution in [0.25, 0.3) is 0 Å². The van der Waals surface area contributed by atoms with Crippen LogP contribution in [0, 0.1) is 0 Å². The highest BCUT2D eigenvalue weighted by atomic mass is 16.3. The number of benzene rings is 1. The number of amides is 5. The predicted octanol–water partition coefficient (Wildman–Crippen LogP) is 0.364. The van der Waals surface area contributed by atoms with Crippen molar-refractivity contribution >= 4 is 23.8 Å². The van der Waals surface area contributed by atoms with Crippen LogP contribution in [0.2, 0.25) is 0 Å². The van der Waals surface area contributed by atoms with E-state index in [1.807, 2.05) is 0 Å². The molecule has 5 amide bonds. The highest BCUT2D eigenvalue weighted by Gasteiger charge is 2.47. The van der Waals surface area contributed by atoms with Crippen LogP contribution in [0.5, 0.6) is 0 Å². The average molecular weight is 345 g/mol. The molecule has 0 bridgehead atoms. The molecule has 132 valence electrons. The molecule has 8 nitrogen and oxygen atoms in total. The minimum atomic E-state index is -1.23. The Morgan fingerprint density at radius 3 is 2.04 bits per heavy atom. The monoisotopic (exact) mass is 345 g/mol. The van der Waals surface area contributed by atoms with Crippen LogP contribution in [-0.2, 0) is 4.79 Å². The van der Waals surface area contributed by atoms with Gasteiger partial charge >= 0.3 is 6.03 Å². The SMILES string of the molecule is CC[C@@]1(C)NC(=O)N(C[C@H](O)CN2C(=O)c3ccccc3C2=O)C1=O. The Kier molecular flexibility index (Phi) is 4.08. The number of rotatable bonds is 5. The molecule has 0 radical (unpaired) electrons. The smallest absolute Gasteiger partial charge is 0.325 e. The number of hydrogen-bond donors (Lipinski definition) is 2. The molecule has 0 aromatic heterocycles. The van der Waals surface area contributed by atoms with Crippen LogP contribution in [0.4, 0.5) is 4.79 Å². The second kappa shape index (κ2) is 5.96. The topological polar surface area (TPSA) is 107 Å². The molecule has 8 heteroatoms. The number of nitrogens with one attached hydrogen (secondary N) is 1. The number of imide groups is 2. The van der Waals surface area contributed by atoms with E-state index in [4.69, 9.17) is 0 Å². The van der Waals surface area contributed by atoms with Crippen LogP contribution in [-0.4, -0.2) is 63.4 Å². The first kappa shape index (κ1) is 17.1. The Morgan fingerprint density at radius 2 is 1.56 bits per heavy atom. The molecule has 2 N–H and O–H groups in total. The van der Waals surface area contributed by atoms with Crippen LogP contribution >= 0.6 is 0 Å². The lowest BCUT2D eigenvalue weighted by atomic mass is 9.99. The van der Waals surface area contributed by atoms with Gasteiger partial charge < -0.3 is 10.4 Å². The van der Waals surface area contributed by atoms with E-state index in [-0.39, 0.29) is 24.2 Å². The van der Waals surface area contributed by atoms with Crippen LogP contribution in [0.1, 0.15) is 41.0 Å². The number of carbonyl (C=O) groups excluding carboxylic acids is 4. The molecule has 25 heavy (non-hydrogen) atoms. The number of carbonyl (C=O) groups is 4. The molecule has 0 unspecified atom stereocenters. The maximum absolute atomic E-state index is 12.3. The zero-order valence-corrected chi connectivity index (χ0v) is 14.0. The number of aliphatic hydroxyl groups is 1. The lowest BCUT2D eigenvalue weighted by Crippen LogP contribution is -2.46. The maximum Gasteiger partial charge on any atom is 0.325 e. The normalized spacial score (nSPS) is 24.0. The zero-order valence-electron chi connectivity index (χ0n) is 14.0. The van der Waals surface area contributed by atoms with Crippen molar-refractivity contribution in [1.29, 1.82) is 0 Å². The van der Waals surface area contributed by atoms with E-state index in [0.717, 1.165) is 9.80 Å². The van der Waals surface area contributed by atoms with Crippen molar-refractivity contribution in [3.63, 3.8) is 0 Å². The van der Waals surface area contributed by atoms with Crippen LogP contribution in [0.3, 0.4) is 0 Å². The molecule has 2 aliphatic rings. The van der Waals surface area contributed by atoms with Gasteiger partial charge in [-0.3, -0.25) is 24.2 Å². The lowest BCUT2D eigenvalue weighted by Gasteiger charge is -2.23. The van der Waals surface area contributed by atoms with Crippen molar-refractivity contribution in [3.05, 3.63) is 35.4 Å². The highest BCUT2D eigenvalue weighted by Crippen LogP contribution is 2.24. The molecule has 1 saturated heterocycles. The fourth-order valence-electron chi connectivity index (χ4n) is 3.04. The number of fused-ring (bicyclic) bond motifs is 1. The van der Waals surface area contributed by atoms with E-state index in [1.165, 1.54) is 0 Å². The second-order valence-corrected chi connectivity index (χ2v) is 6.45. The van der Waals surface area contributed by atoms with Crippen LogP contribution in [0.15, 0.2) is 24.3 Å². The third-order valence-corrected chi connectivity index (χ3v) is 4.72. The van der Waals surface area contributed by atoms with Gasteiger partial charge in [-0.15, -0.1) is 0 Å². The van der Waals surface area contributed by atoms with Gasteiger partial charge in [-0.2, -0.15) is 0 Å². The maximum atomic E-state index is 12.3. The van der Waals surface area contributed by atoms with Crippen molar-refractivity contribution in [1.82, 2.24) is 15.1 Å². The first-order chi connectivity index (χ1) is 11.8. The number of aliphatic hydroxyl groups excluding tert-OH is 1. The van der Waals surface area contributed by atoms with Gasteiger partial charge in [0.1, 0.15) is 5.54 Å². The predicted molar refractivity (Wildman–Crippen MR) is 86.8 cm³/mol. The van der Waals surface area contributed by atoms with Gasteiger partial charge in [0, 0.05) is 0 Å². The summed E-state index contributed by atoms with van der Waals surface area (Å²) in [5.41, 5.74) is -0.423. The minimum Gasteiger partial charge on any atom is -0.389 e. The van der Waals surface area contributed by atoms with Crippen molar-refractivity contribution < 1.29 is 24.3 Å². The number of urea groups is 1. The fourth-order valence-corrected chi connectivity index (χ4v) is 3.04. The summed E-state index contributed by atoms with van der Waals surface area (Å²) in [5, 5.41) is 12.8. The summed E-state index contributed by atoms with van der Waals surface area (Å²) in [6.07, 6.45) is -0.807. The van der Waals surface area contributed by atoms with E-state index < -0.39 is 35.4 Å². The third kappa shape index (κ3) is 2.68. The van der Waals surface area contributed by atoms with E-state index in [1.54, 1.807) is 38.1 Å². The molecule has 2 heterocycles. The molecule has 1 aromatic carbocycles. The van der Waals surface area contributed by atoms with Gasteiger partial charge in [-0.25, -0.2) is 4.79 Å². The average Bonchev–Trinajstić information content (AvgIpc) is 2.96. The first-order valence-corrected chi connectivity index (χ1v) is 8.06. The summed E-state index contributed by atoms with van der Waals surface area (Å²) in [6, 6.07) is 5.82. The fraction of sp³-hybridized carbons (Fsp3) is 0.412. The molecule has 0 saturated carbocycles. The lowest BCUT2D eigenvalue weighted by molar-refractivity contribution is -0.131. The summed E-state index contributed by atoms with van der Waals surface area (Å²) >= 11 is 0. The van der Waals surface area contributed by atoms with Crippen molar-refractivity contribution in [2.45, 2.75) is 31.9 Å². The molecule has 2 aliphatic heterocycles. The van der Waals surface area contributed by atoms with E-state index in [9.17, 15) is 24.3 Å². The molecule has 1 fully saturated rings. The number of hydrogen-bond acceptors (Lipinski definition) is 5. The molecule has 0 aliphatic carbocycles. The standard InChI is InChI=1S/C17H19N3O5/c1-3-17(2)15(24)20(16(25)18-17)9-10(21)8-19-13(22)11-6-4-5-7-12(11)14(19)23/h4-7,10,21H,3,8-9H2,1-2H3,(H,18,25)/t10-,17-/m1/s1. The second-order valence-electron chi connectivity index (χ2n) is 6.45. The Bertz CT molecular complexity index is 742. The number of β-amino-alcohol motifs (C(OH)–C–C–N with tert-alkyl or cyclic N) is 1. The highest BCUT2D eigenvalue weighted by molar-refractivity contribution is 6.21. The Hall–Kier alpha value is -2.74. The van der Waals surface area contributed by atoms with Gasteiger partial charge in [0.15, 0.2) is 0 Å². The Balaban J connectivity index is 1.69. The quantitative estimate of drug-likeness (QED) is 0.592. The summed E-state index contributed by atoms with van der Waals surface area (Å²) in [7, 11) is 0. The molecule has 3 rings (SSSR count). The molecule has 2 atom stereocenters. The minimum absolute atomic E-state index is 0.284. The van der Waals surface area contributed by atoms with Crippen LogP contribution < -0.4 is 5.32 Å². The molecular weight excluding hydrogens is 326 g/mol. The van der Waals surface area contributed by atoms with Gasteiger partial charge in [0.25, 0.3) is 17.7 Å². The van der Waals surface area contributed by atoms with Crippen molar-refractivity contribution in [2.75, 3.05) is 13.1 Å². The van der Waals surface area contributed by atoms with E-state index in [0.29, 0.717) is 6.42 Å². The first-order valence-electron chi connectivity index (χ1n) is 8.06. The molecule has 0 spiro atoms. The zero-order chi connectivity index (χ0) is 18.4. The summed E-state index contributed by atoms with van der Waals surface area (Å²) in [5.74, 6) is -1.41. The van der Waals surface area contributed by atoms with Crippen molar-refractivity contribution in [2.24, 2.45) is 0 Å². The Morgan fingerprint density at radius 1 is 1.04 bits per heavy atom. The van der Waals surface area contributed by atoms with Gasteiger partial charge in [0.05, 0.1) is 30.3 Å². The van der Waals surface area contributed by atoms with Gasteiger partial charge in [-0.05, 0) is 25.5 Å². The summed E-state index contributed by atoms with van der Waals surface area (Å²) < 4.78 is 0. The third-order valence-electron chi connectivity index (χ3n) is 4.72.